The van der Waals surface area contributed by atoms with E-state index in [4.69, 9.17) is 4.42 Å². The van der Waals surface area contributed by atoms with Crippen LogP contribution in [-0.4, -0.2) is 5.11 Å². The lowest BCUT2D eigenvalue weighted by Gasteiger charge is -2.18. The van der Waals surface area contributed by atoms with Gasteiger partial charge in [-0.05, 0) is 62.1 Å². The van der Waals surface area contributed by atoms with Crippen molar-refractivity contribution < 1.29 is 9.52 Å². The van der Waals surface area contributed by atoms with Gasteiger partial charge in [-0.2, -0.15) is 0 Å². The fourth-order valence-electron chi connectivity index (χ4n) is 3.77. The largest absolute Gasteiger partial charge is 0.507 e. The lowest BCUT2D eigenvalue weighted by atomic mass is 9.91. The molecule has 0 saturated heterocycles. The minimum Gasteiger partial charge on any atom is -0.507 e. The molecule has 2 atom stereocenters. The summed E-state index contributed by atoms with van der Waals surface area (Å²) in [6.45, 7) is 4.16. The van der Waals surface area contributed by atoms with Gasteiger partial charge in [0.2, 0.25) is 0 Å². The predicted octanol–water partition coefficient (Wildman–Crippen LogP) is 6.06. The molecule has 0 aromatic carbocycles. The lowest BCUT2D eigenvalue weighted by molar-refractivity contribution is 0.380. The minimum absolute atomic E-state index is 0.0497. The maximum absolute atomic E-state index is 12.9. The average molecular weight is 401 g/mol. The number of thiophene rings is 2. The molecule has 5 heteroatoms. The highest BCUT2D eigenvalue weighted by molar-refractivity contribution is 7.12. The van der Waals surface area contributed by atoms with Gasteiger partial charge in [0.25, 0.3) is 0 Å². The highest BCUT2D eigenvalue weighted by Gasteiger charge is 2.38. The summed E-state index contributed by atoms with van der Waals surface area (Å²) in [5.74, 6) is 1.16. The van der Waals surface area contributed by atoms with E-state index in [-0.39, 0.29) is 23.2 Å². The van der Waals surface area contributed by atoms with E-state index in [0.29, 0.717) is 17.2 Å². The van der Waals surface area contributed by atoms with Gasteiger partial charge in [0.1, 0.15) is 11.5 Å². The first-order chi connectivity index (χ1) is 13.1. The normalized spacial score (nSPS) is 16.4. The van der Waals surface area contributed by atoms with Gasteiger partial charge in [0.15, 0.2) is 0 Å². The number of hydrogen-bond acceptors (Lipinski definition) is 5. The molecule has 3 nitrogen and oxygen atoms in total. The van der Waals surface area contributed by atoms with E-state index >= 15 is 0 Å². The molecule has 1 aliphatic carbocycles. The number of hydrogen-bond donors (Lipinski definition) is 1. The molecule has 3 aromatic heterocycles. The smallest absolute Gasteiger partial charge is 0.343 e. The van der Waals surface area contributed by atoms with Crippen LogP contribution in [0.25, 0.3) is 0 Å². The van der Waals surface area contributed by atoms with E-state index in [9.17, 15) is 9.90 Å². The van der Waals surface area contributed by atoms with Gasteiger partial charge in [-0.15, -0.1) is 22.7 Å². The van der Waals surface area contributed by atoms with Crippen LogP contribution in [0.4, 0.5) is 0 Å². The van der Waals surface area contributed by atoms with Crippen LogP contribution in [0.1, 0.15) is 64.0 Å². The second-order valence-electron chi connectivity index (χ2n) is 7.39. The van der Waals surface area contributed by atoms with Crippen LogP contribution >= 0.6 is 22.7 Å². The molecule has 142 valence electrons. The van der Waals surface area contributed by atoms with Gasteiger partial charge < -0.3 is 9.52 Å². The number of rotatable bonds is 7. The molecule has 27 heavy (non-hydrogen) atoms. The predicted molar refractivity (Wildman–Crippen MR) is 111 cm³/mol. The topological polar surface area (TPSA) is 50.4 Å². The quantitative estimate of drug-likeness (QED) is 0.525. The summed E-state index contributed by atoms with van der Waals surface area (Å²) in [5.41, 5.74) is 0.0617. The van der Waals surface area contributed by atoms with E-state index in [1.165, 1.54) is 9.75 Å². The van der Waals surface area contributed by atoms with Crippen molar-refractivity contribution in [3.05, 3.63) is 72.1 Å². The van der Waals surface area contributed by atoms with Gasteiger partial charge in [-0.3, -0.25) is 0 Å². The zero-order valence-corrected chi connectivity index (χ0v) is 17.2. The van der Waals surface area contributed by atoms with Gasteiger partial charge in [0, 0.05) is 32.5 Å². The SMILES string of the molecule is CCC(Cc1cccs1)c1cc(O)c(C(c2ccc(C)s2)C2CC2)c(=O)o1. The van der Waals surface area contributed by atoms with Crippen LogP contribution in [0.15, 0.2) is 44.9 Å². The van der Waals surface area contributed by atoms with Crippen molar-refractivity contribution in [3.8, 4) is 5.75 Å². The van der Waals surface area contributed by atoms with Crippen molar-refractivity contribution in [1.29, 1.82) is 0 Å². The summed E-state index contributed by atoms with van der Waals surface area (Å²) in [6.07, 6.45) is 3.87. The molecule has 0 spiro atoms. The summed E-state index contributed by atoms with van der Waals surface area (Å²) < 4.78 is 5.77. The Kier molecular flexibility index (Phi) is 5.24. The summed E-state index contributed by atoms with van der Waals surface area (Å²) >= 11 is 3.41. The first-order valence-electron chi connectivity index (χ1n) is 9.52. The lowest BCUT2D eigenvalue weighted by Crippen LogP contribution is -2.17. The fraction of sp³-hybridized carbons (Fsp3) is 0.409. The molecule has 0 amide bonds. The van der Waals surface area contributed by atoms with Crippen molar-refractivity contribution in [1.82, 2.24) is 0 Å². The van der Waals surface area contributed by atoms with Crippen LogP contribution in [-0.2, 0) is 6.42 Å². The van der Waals surface area contributed by atoms with Gasteiger partial charge in [-0.1, -0.05) is 13.0 Å². The maximum Gasteiger partial charge on any atom is 0.343 e. The van der Waals surface area contributed by atoms with Crippen LogP contribution in [0.3, 0.4) is 0 Å². The Morgan fingerprint density at radius 3 is 2.67 bits per heavy atom. The van der Waals surface area contributed by atoms with Crippen molar-refractivity contribution in [2.75, 3.05) is 0 Å². The summed E-state index contributed by atoms with van der Waals surface area (Å²) in [6, 6.07) is 9.99. The zero-order valence-electron chi connectivity index (χ0n) is 15.6. The van der Waals surface area contributed by atoms with Gasteiger partial charge >= 0.3 is 5.63 Å². The zero-order chi connectivity index (χ0) is 19.0. The number of aromatic hydroxyl groups is 1. The fourth-order valence-corrected chi connectivity index (χ4v) is 5.64. The monoisotopic (exact) mass is 400 g/mol. The van der Waals surface area contributed by atoms with Crippen LogP contribution in [0.5, 0.6) is 5.75 Å². The van der Waals surface area contributed by atoms with E-state index in [1.807, 2.05) is 6.07 Å². The van der Waals surface area contributed by atoms with E-state index in [2.05, 4.69) is 37.4 Å². The van der Waals surface area contributed by atoms with Crippen molar-refractivity contribution in [2.24, 2.45) is 5.92 Å². The van der Waals surface area contributed by atoms with Gasteiger partial charge in [-0.25, -0.2) is 4.79 Å². The Balaban J connectivity index is 1.70. The van der Waals surface area contributed by atoms with Crippen molar-refractivity contribution >= 4 is 22.7 Å². The first kappa shape index (κ1) is 18.5. The maximum atomic E-state index is 12.9. The summed E-state index contributed by atoms with van der Waals surface area (Å²) in [5, 5.41) is 12.9. The Bertz CT molecular complexity index is 964. The highest BCUT2D eigenvalue weighted by Crippen LogP contribution is 2.49. The molecule has 0 aliphatic heterocycles. The van der Waals surface area contributed by atoms with Gasteiger partial charge in [0.05, 0.1) is 5.56 Å². The molecule has 1 aliphatic rings. The molecule has 2 unspecified atom stereocenters. The van der Waals surface area contributed by atoms with E-state index in [0.717, 1.165) is 30.6 Å². The first-order valence-corrected chi connectivity index (χ1v) is 11.2. The van der Waals surface area contributed by atoms with Crippen LogP contribution in [0, 0.1) is 12.8 Å². The second kappa shape index (κ2) is 7.64. The second-order valence-corrected chi connectivity index (χ2v) is 9.74. The molecule has 1 fully saturated rings. The average Bonchev–Trinajstić information content (AvgIpc) is 3.16. The van der Waals surface area contributed by atoms with Crippen molar-refractivity contribution in [2.45, 2.75) is 51.4 Å². The highest BCUT2D eigenvalue weighted by atomic mass is 32.1. The Morgan fingerprint density at radius 1 is 1.30 bits per heavy atom. The molecule has 0 radical (unpaired) electrons. The third-order valence-electron chi connectivity index (χ3n) is 5.38. The summed E-state index contributed by atoms with van der Waals surface area (Å²) in [7, 11) is 0. The van der Waals surface area contributed by atoms with E-state index in [1.54, 1.807) is 28.7 Å². The molecule has 1 N–H and O–H groups in total. The molecular formula is C22H24O3S2. The Labute approximate surface area is 167 Å². The third kappa shape index (κ3) is 3.90. The molecule has 4 rings (SSSR count). The number of aryl methyl sites for hydroxylation is 1. The Morgan fingerprint density at radius 2 is 2.11 bits per heavy atom. The van der Waals surface area contributed by atoms with Crippen LogP contribution in [0.2, 0.25) is 0 Å². The summed E-state index contributed by atoms with van der Waals surface area (Å²) in [4.78, 5) is 16.5. The standard InChI is InChI=1S/C22H24O3S2/c1-3-14(11-16-5-4-10-26-16)18-12-17(23)21(22(24)25-18)20(15-7-8-15)19-9-6-13(2)27-19/h4-6,9-10,12,14-15,20,23H,3,7-8,11H2,1-2H3. The molecule has 3 heterocycles. The van der Waals surface area contributed by atoms with Crippen LogP contribution < -0.4 is 5.63 Å². The molecule has 0 bridgehead atoms. The third-order valence-corrected chi connectivity index (χ3v) is 7.36. The minimum atomic E-state index is -0.377. The molecule has 1 saturated carbocycles. The molecule has 3 aromatic rings. The van der Waals surface area contributed by atoms with Crippen molar-refractivity contribution in [3.63, 3.8) is 0 Å². The molecular weight excluding hydrogens is 376 g/mol. The van der Waals surface area contributed by atoms with E-state index < -0.39 is 0 Å². The Hall–Kier alpha value is -1.85.